The van der Waals surface area contributed by atoms with Crippen LogP contribution in [0.4, 0.5) is 0 Å². The van der Waals surface area contributed by atoms with Crippen LogP contribution in [0.2, 0.25) is 0 Å². The molecule has 228 valence electrons. The van der Waals surface area contributed by atoms with Crippen LogP contribution in [-0.4, -0.2) is 19.4 Å². The van der Waals surface area contributed by atoms with Gasteiger partial charge >= 0.3 is 0 Å². The molecule has 6 aromatic carbocycles. The van der Waals surface area contributed by atoms with E-state index in [0.29, 0.717) is 0 Å². The first-order chi connectivity index (χ1) is 24.3. The SMILES string of the molecule is c1ccc(-c2c3ccc(-c4ccc(-c5c(-c6ccc7ccccc7n6)nc6ccccn56)cc4)cc3nc3c2ccc2ccccc23)cc1. The zero-order chi connectivity index (χ0) is 32.3. The molecule has 0 spiro atoms. The molecule has 49 heavy (non-hydrogen) atoms. The normalized spacial score (nSPS) is 11.7. The van der Waals surface area contributed by atoms with E-state index in [4.69, 9.17) is 15.0 Å². The van der Waals surface area contributed by atoms with E-state index in [0.717, 1.165) is 66.7 Å². The smallest absolute Gasteiger partial charge is 0.138 e. The van der Waals surface area contributed by atoms with E-state index in [9.17, 15) is 0 Å². The van der Waals surface area contributed by atoms with Crippen LogP contribution >= 0.6 is 0 Å². The second-order valence-corrected chi connectivity index (χ2v) is 12.5. The number of fused-ring (bicyclic) bond motifs is 6. The molecule has 0 amide bonds. The quantitative estimate of drug-likeness (QED) is 0.145. The van der Waals surface area contributed by atoms with Crippen LogP contribution in [0.25, 0.3) is 94.0 Å². The fraction of sp³-hybridized carbons (Fsp3) is 0. The third-order valence-corrected chi connectivity index (χ3v) is 9.59. The highest BCUT2D eigenvalue weighted by molar-refractivity contribution is 6.17. The predicted octanol–water partition coefficient (Wildman–Crippen LogP) is 11.4. The molecule has 4 aromatic heterocycles. The average Bonchev–Trinajstić information content (AvgIpc) is 3.57. The van der Waals surface area contributed by atoms with Crippen LogP contribution in [0.3, 0.4) is 0 Å². The van der Waals surface area contributed by atoms with E-state index >= 15 is 0 Å². The molecule has 0 unspecified atom stereocenters. The van der Waals surface area contributed by atoms with Crippen LogP contribution < -0.4 is 0 Å². The lowest BCUT2D eigenvalue weighted by Gasteiger charge is -2.14. The van der Waals surface area contributed by atoms with Crippen molar-refractivity contribution in [1.82, 2.24) is 19.4 Å². The Hall–Kier alpha value is -6.65. The molecule has 4 nitrogen and oxygen atoms in total. The lowest BCUT2D eigenvalue weighted by atomic mass is 9.92. The third kappa shape index (κ3) is 4.49. The molecular formula is C45H28N4. The van der Waals surface area contributed by atoms with E-state index in [2.05, 4.69) is 144 Å². The van der Waals surface area contributed by atoms with E-state index in [-0.39, 0.29) is 0 Å². The van der Waals surface area contributed by atoms with Gasteiger partial charge in [-0.3, -0.25) is 4.40 Å². The highest BCUT2D eigenvalue weighted by Gasteiger charge is 2.18. The van der Waals surface area contributed by atoms with Gasteiger partial charge in [0.25, 0.3) is 0 Å². The van der Waals surface area contributed by atoms with Crippen molar-refractivity contribution in [3.05, 3.63) is 170 Å². The Balaban J connectivity index is 1.12. The molecule has 0 saturated carbocycles. The molecule has 0 bridgehead atoms. The number of imidazole rings is 1. The molecule has 0 aliphatic carbocycles. The Kier molecular flexibility index (Phi) is 6.15. The maximum absolute atomic E-state index is 5.32. The topological polar surface area (TPSA) is 43.1 Å². The summed E-state index contributed by atoms with van der Waals surface area (Å²) < 4.78 is 2.15. The molecule has 0 atom stereocenters. The largest absolute Gasteiger partial charge is 0.299 e. The molecule has 4 heteroatoms. The maximum atomic E-state index is 5.32. The van der Waals surface area contributed by atoms with Gasteiger partial charge in [-0.25, -0.2) is 15.0 Å². The van der Waals surface area contributed by atoms with E-state index in [1.165, 1.54) is 27.3 Å². The minimum Gasteiger partial charge on any atom is -0.299 e. The molecule has 0 aliphatic heterocycles. The summed E-state index contributed by atoms with van der Waals surface area (Å²) >= 11 is 0. The highest BCUT2D eigenvalue weighted by atomic mass is 15.0. The summed E-state index contributed by atoms with van der Waals surface area (Å²) in [5.74, 6) is 0. The molecule has 0 saturated heterocycles. The molecule has 4 heterocycles. The fourth-order valence-electron chi connectivity index (χ4n) is 7.24. The van der Waals surface area contributed by atoms with Gasteiger partial charge in [-0.1, -0.05) is 133 Å². The number of rotatable bonds is 4. The molecular weight excluding hydrogens is 597 g/mol. The monoisotopic (exact) mass is 624 g/mol. The van der Waals surface area contributed by atoms with Crippen molar-refractivity contribution >= 4 is 49.1 Å². The zero-order valence-electron chi connectivity index (χ0n) is 26.5. The minimum absolute atomic E-state index is 0.857. The van der Waals surface area contributed by atoms with Crippen LogP contribution in [0.5, 0.6) is 0 Å². The maximum Gasteiger partial charge on any atom is 0.138 e. The summed E-state index contributed by atoms with van der Waals surface area (Å²) in [6.07, 6.45) is 2.07. The van der Waals surface area contributed by atoms with Gasteiger partial charge in [0.2, 0.25) is 0 Å². The first-order valence-corrected chi connectivity index (χ1v) is 16.5. The molecule has 0 fully saturated rings. The molecule has 10 aromatic rings. The zero-order valence-corrected chi connectivity index (χ0v) is 26.5. The van der Waals surface area contributed by atoms with Crippen molar-refractivity contribution in [2.75, 3.05) is 0 Å². The standard InChI is InChI=1S/C45H28N4/c1-2-12-32(13-3-1)42-36-24-22-34(28-40(36)47-43-35-14-6-4-10-30(35)21-25-37(42)43)29-17-19-33(20-18-29)45-44(48-41-16-8-9-27-49(41)45)39-26-23-31-11-5-7-15-38(31)46-39/h1-28H. The summed E-state index contributed by atoms with van der Waals surface area (Å²) in [5.41, 5.74) is 12.4. The summed E-state index contributed by atoms with van der Waals surface area (Å²) in [7, 11) is 0. The van der Waals surface area contributed by atoms with Gasteiger partial charge in [0.15, 0.2) is 0 Å². The minimum atomic E-state index is 0.857. The van der Waals surface area contributed by atoms with Crippen LogP contribution in [-0.2, 0) is 0 Å². The predicted molar refractivity (Wildman–Crippen MR) is 203 cm³/mol. The first-order valence-electron chi connectivity index (χ1n) is 16.5. The fourth-order valence-corrected chi connectivity index (χ4v) is 7.24. The van der Waals surface area contributed by atoms with Crippen molar-refractivity contribution in [3.63, 3.8) is 0 Å². The number of pyridine rings is 3. The highest BCUT2D eigenvalue weighted by Crippen LogP contribution is 2.39. The molecule has 10 rings (SSSR count). The molecule has 0 radical (unpaired) electrons. The second kappa shape index (κ2) is 11.0. The average molecular weight is 625 g/mol. The van der Waals surface area contributed by atoms with Crippen molar-refractivity contribution in [1.29, 1.82) is 0 Å². The van der Waals surface area contributed by atoms with Crippen molar-refractivity contribution in [2.45, 2.75) is 0 Å². The van der Waals surface area contributed by atoms with Crippen molar-refractivity contribution < 1.29 is 0 Å². The van der Waals surface area contributed by atoms with Gasteiger partial charge in [0.1, 0.15) is 11.3 Å². The van der Waals surface area contributed by atoms with E-state index in [1.807, 2.05) is 30.3 Å². The first kappa shape index (κ1) is 27.5. The Morgan fingerprint density at radius 3 is 2.02 bits per heavy atom. The number of hydrogen-bond acceptors (Lipinski definition) is 3. The number of aromatic nitrogens is 4. The van der Waals surface area contributed by atoms with Crippen molar-refractivity contribution in [2.24, 2.45) is 0 Å². The summed E-state index contributed by atoms with van der Waals surface area (Å²) in [6, 6.07) is 57.6. The third-order valence-electron chi connectivity index (χ3n) is 9.59. The van der Waals surface area contributed by atoms with E-state index in [1.54, 1.807) is 0 Å². The van der Waals surface area contributed by atoms with Gasteiger partial charge in [0, 0.05) is 38.9 Å². The summed E-state index contributed by atoms with van der Waals surface area (Å²) in [5, 5.41) is 5.78. The Labute approximate surface area is 282 Å². The van der Waals surface area contributed by atoms with Crippen LogP contribution in [0, 0.1) is 0 Å². The Morgan fingerprint density at radius 1 is 0.408 bits per heavy atom. The Bertz CT molecular complexity index is 2870. The van der Waals surface area contributed by atoms with Gasteiger partial charge in [-0.05, 0) is 52.4 Å². The summed E-state index contributed by atoms with van der Waals surface area (Å²) in [4.78, 5) is 15.4. The van der Waals surface area contributed by atoms with Gasteiger partial charge < -0.3 is 0 Å². The Morgan fingerprint density at radius 2 is 1.12 bits per heavy atom. The van der Waals surface area contributed by atoms with Crippen LogP contribution in [0.1, 0.15) is 0 Å². The van der Waals surface area contributed by atoms with Crippen LogP contribution in [0.15, 0.2) is 170 Å². The lowest BCUT2D eigenvalue weighted by molar-refractivity contribution is 1.19. The number of nitrogens with zero attached hydrogens (tertiary/aromatic N) is 4. The summed E-state index contributed by atoms with van der Waals surface area (Å²) in [6.45, 7) is 0. The number of hydrogen-bond donors (Lipinski definition) is 0. The second-order valence-electron chi connectivity index (χ2n) is 12.5. The number of benzene rings is 6. The van der Waals surface area contributed by atoms with Crippen molar-refractivity contribution in [3.8, 4) is 44.9 Å². The van der Waals surface area contributed by atoms with Gasteiger partial charge in [-0.2, -0.15) is 0 Å². The number of para-hydroxylation sites is 1. The van der Waals surface area contributed by atoms with E-state index < -0.39 is 0 Å². The van der Waals surface area contributed by atoms with Gasteiger partial charge in [-0.15, -0.1) is 0 Å². The van der Waals surface area contributed by atoms with Gasteiger partial charge in [0.05, 0.1) is 27.9 Å². The lowest BCUT2D eigenvalue weighted by Crippen LogP contribution is -1.92. The molecule has 0 aliphatic rings. The molecule has 0 N–H and O–H groups in total.